The Kier molecular flexibility index (Phi) is 8.74. The smallest absolute Gasteiger partial charge is 0.124 e. The molecule has 1 aromatic carbocycles. The van der Waals surface area contributed by atoms with Crippen LogP contribution in [0.5, 0.6) is 5.75 Å². The lowest BCUT2D eigenvalue weighted by Crippen LogP contribution is -2.19. The van der Waals surface area contributed by atoms with Crippen LogP contribution in [-0.4, -0.2) is 26.4 Å². The summed E-state index contributed by atoms with van der Waals surface area (Å²) in [7, 11) is 0. The molecule has 0 fully saturated rings. The molecule has 1 unspecified atom stereocenters. The van der Waals surface area contributed by atoms with E-state index in [1.807, 2.05) is 18.2 Å². The molecule has 0 aliphatic heterocycles. The van der Waals surface area contributed by atoms with Crippen molar-refractivity contribution in [3.63, 3.8) is 0 Å². The Hall–Kier alpha value is -0.770. The van der Waals surface area contributed by atoms with Gasteiger partial charge in [-0.15, -0.1) is 0 Å². The van der Waals surface area contributed by atoms with Crippen LogP contribution in [0, 0.1) is 5.92 Å². The van der Waals surface area contributed by atoms with Crippen molar-refractivity contribution >= 4 is 11.6 Å². The minimum atomic E-state index is 0.213. The second-order valence-corrected chi connectivity index (χ2v) is 6.04. The molecule has 1 rings (SSSR count). The Bertz CT molecular complexity index is 410. The summed E-state index contributed by atoms with van der Waals surface area (Å²) in [4.78, 5) is 0. The van der Waals surface area contributed by atoms with Gasteiger partial charge in [-0.2, -0.15) is 0 Å². The molecule has 0 bridgehead atoms. The van der Waals surface area contributed by atoms with Crippen molar-refractivity contribution in [2.75, 3.05) is 26.4 Å². The van der Waals surface area contributed by atoms with Crippen molar-refractivity contribution in [2.24, 2.45) is 5.92 Å². The third-order valence-electron chi connectivity index (χ3n) is 3.27. The van der Waals surface area contributed by atoms with Gasteiger partial charge in [0, 0.05) is 23.2 Å². The van der Waals surface area contributed by atoms with Crippen molar-refractivity contribution in [3.05, 3.63) is 28.8 Å². The molecule has 1 aromatic rings. The van der Waals surface area contributed by atoms with Gasteiger partial charge >= 0.3 is 0 Å². The van der Waals surface area contributed by atoms with E-state index >= 15 is 0 Å². The molecule has 1 N–H and O–H groups in total. The second kappa shape index (κ2) is 10.0. The molecule has 0 aliphatic carbocycles. The zero-order valence-corrected chi connectivity index (χ0v) is 14.4. The highest BCUT2D eigenvalue weighted by atomic mass is 35.5. The summed E-state index contributed by atoms with van der Waals surface area (Å²) in [6.45, 7) is 11.5. The minimum Gasteiger partial charge on any atom is -0.491 e. The second-order valence-electron chi connectivity index (χ2n) is 5.60. The van der Waals surface area contributed by atoms with Crippen LogP contribution < -0.4 is 10.1 Å². The van der Waals surface area contributed by atoms with E-state index < -0.39 is 0 Å². The maximum Gasteiger partial charge on any atom is 0.124 e. The average molecular weight is 314 g/mol. The molecule has 1 atom stereocenters. The number of nitrogens with one attached hydrogen (secondary N) is 1. The summed E-state index contributed by atoms with van der Waals surface area (Å²) in [5.74, 6) is 1.55. The van der Waals surface area contributed by atoms with Gasteiger partial charge in [0.15, 0.2) is 0 Å². The summed E-state index contributed by atoms with van der Waals surface area (Å²) in [5.41, 5.74) is 1.09. The predicted octanol–water partition coefficient (Wildman–Crippen LogP) is 4.45. The molecular weight excluding hydrogens is 286 g/mol. The van der Waals surface area contributed by atoms with Crippen LogP contribution in [0.2, 0.25) is 5.02 Å². The maximum atomic E-state index is 6.09. The van der Waals surface area contributed by atoms with Gasteiger partial charge in [0.05, 0.1) is 6.61 Å². The first kappa shape index (κ1) is 18.3. The number of benzene rings is 1. The van der Waals surface area contributed by atoms with Crippen molar-refractivity contribution in [2.45, 2.75) is 40.2 Å². The fourth-order valence-corrected chi connectivity index (χ4v) is 2.22. The summed E-state index contributed by atoms with van der Waals surface area (Å²) in [6, 6.07) is 5.97. The number of rotatable bonds is 10. The highest BCUT2D eigenvalue weighted by Gasteiger charge is 2.11. The fourth-order valence-electron chi connectivity index (χ4n) is 2.04. The first-order valence-corrected chi connectivity index (χ1v) is 8.15. The molecule has 0 aliphatic rings. The average Bonchev–Trinajstić information content (AvgIpc) is 2.43. The van der Waals surface area contributed by atoms with E-state index in [0.29, 0.717) is 19.1 Å². The first-order chi connectivity index (χ1) is 10.0. The quantitative estimate of drug-likeness (QED) is 0.647. The lowest BCUT2D eigenvalue weighted by Gasteiger charge is -2.18. The number of hydrogen-bond donors (Lipinski definition) is 1. The Morgan fingerprint density at radius 1 is 1.14 bits per heavy atom. The summed E-state index contributed by atoms with van der Waals surface area (Å²) in [6.07, 6.45) is 1.09. The molecule has 0 spiro atoms. The molecule has 4 heteroatoms. The topological polar surface area (TPSA) is 30.5 Å². The van der Waals surface area contributed by atoms with E-state index in [0.717, 1.165) is 35.9 Å². The molecule has 0 saturated heterocycles. The molecule has 0 aromatic heterocycles. The number of ether oxygens (including phenoxy) is 2. The van der Waals surface area contributed by atoms with Crippen LogP contribution in [-0.2, 0) is 4.74 Å². The molecule has 0 saturated carbocycles. The van der Waals surface area contributed by atoms with Crippen molar-refractivity contribution in [1.29, 1.82) is 0 Å². The zero-order chi connectivity index (χ0) is 15.7. The van der Waals surface area contributed by atoms with E-state index in [9.17, 15) is 0 Å². The molecule has 0 amide bonds. The van der Waals surface area contributed by atoms with Crippen molar-refractivity contribution in [3.8, 4) is 5.75 Å². The van der Waals surface area contributed by atoms with Gasteiger partial charge in [-0.25, -0.2) is 0 Å². The van der Waals surface area contributed by atoms with E-state index in [-0.39, 0.29) is 6.04 Å². The first-order valence-electron chi connectivity index (χ1n) is 7.78. The maximum absolute atomic E-state index is 6.09. The van der Waals surface area contributed by atoms with Crippen LogP contribution >= 0.6 is 11.6 Å². The SMILES string of the molecule is CCNC(C)c1cc(Cl)ccc1OCCOCCC(C)C. The third-order valence-corrected chi connectivity index (χ3v) is 3.51. The highest BCUT2D eigenvalue weighted by molar-refractivity contribution is 6.30. The third kappa shape index (κ3) is 7.16. The predicted molar refractivity (Wildman–Crippen MR) is 89.3 cm³/mol. The lowest BCUT2D eigenvalue weighted by atomic mass is 10.1. The molecule has 0 radical (unpaired) electrons. The van der Waals surface area contributed by atoms with E-state index in [1.165, 1.54) is 0 Å². The molecule has 3 nitrogen and oxygen atoms in total. The largest absolute Gasteiger partial charge is 0.491 e. The monoisotopic (exact) mass is 313 g/mol. The van der Waals surface area contributed by atoms with Gasteiger partial charge in [-0.05, 0) is 44.0 Å². The summed E-state index contributed by atoms with van der Waals surface area (Å²) >= 11 is 6.09. The Labute approximate surface area is 134 Å². The van der Waals surface area contributed by atoms with Crippen LogP contribution in [0.4, 0.5) is 0 Å². The zero-order valence-electron chi connectivity index (χ0n) is 13.6. The molecular formula is C17H28ClNO2. The molecule has 0 heterocycles. The summed E-state index contributed by atoms with van der Waals surface area (Å²) < 4.78 is 11.4. The summed E-state index contributed by atoms with van der Waals surface area (Å²) in [5, 5.41) is 4.11. The van der Waals surface area contributed by atoms with Gasteiger partial charge in [-0.1, -0.05) is 32.4 Å². The number of hydrogen-bond acceptors (Lipinski definition) is 3. The molecule has 21 heavy (non-hydrogen) atoms. The van der Waals surface area contributed by atoms with Gasteiger partial charge in [0.25, 0.3) is 0 Å². The van der Waals surface area contributed by atoms with E-state index in [4.69, 9.17) is 21.1 Å². The molecule has 120 valence electrons. The van der Waals surface area contributed by atoms with Gasteiger partial charge in [0.2, 0.25) is 0 Å². The van der Waals surface area contributed by atoms with Crippen LogP contribution in [0.1, 0.15) is 45.7 Å². The normalized spacial score (nSPS) is 12.7. The van der Waals surface area contributed by atoms with Crippen molar-refractivity contribution in [1.82, 2.24) is 5.32 Å². The Balaban J connectivity index is 2.46. The standard InChI is InChI=1S/C17H28ClNO2/c1-5-19-14(4)16-12-15(18)6-7-17(16)21-11-10-20-9-8-13(2)3/h6-7,12-14,19H,5,8-11H2,1-4H3. The van der Waals surface area contributed by atoms with E-state index in [1.54, 1.807) is 0 Å². The highest BCUT2D eigenvalue weighted by Crippen LogP contribution is 2.28. The van der Waals surface area contributed by atoms with Crippen LogP contribution in [0.3, 0.4) is 0 Å². The Morgan fingerprint density at radius 3 is 2.57 bits per heavy atom. The van der Waals surface area contributed by atoms with Crippen LogP contribution in [0.15, 0.2) is 18.2 Å². The lowest BCUT2D eigenvalue weighted by molar-refractivity contribution is 0.0921. The fraction of sp³-hybridized carbons (Fsp3) is 0.647. The number of halogens is 1. The van der Waals surface area contributed by atoms with Gasteiger partial charge in [-0.3, -0.25) is 0 Å². The van der Waals surface area contributed by atoms with Crippen molar-refractivity contribution < 1.29 is 9.47 Å². The van der Waals surface area contributed by atoms with E-state index in [2.05, 4.69) is 33.0 Å². The van der Waals surface area contributed by atoms with Crippen LogP contribution in [0.25, 0.3) is 0 Å². The van der Waals surface area contributed by atoms with Gasteiger partial charge < -0.3 is 14.8 Å². The Morgan fingerprint density at radius 2 is 1.90 bits per heavy atom. The van der Waals surface area contributed by atoms with Gasteiger partial charge in [0.1, 0.15) is 12.4 Å². The minimum absolute atomic E-state index is 0.213.